The normalized spacial score (nSPS) is 12.5. The van der Waals surface area contributed by atoms with Gasteiger partial charge in [0.05, 0.1) is 0 Å². The Bertz CT molecular complexity index is 1610. The third kappa shape index (κ3) is 6.73. The molecule has 2 heteroatoms. The zero-order valence-electron chi connectivity index (χ0n) is 25.9. The van der Waals surface area contributed by atoms with E-state index in [0.29, 0.717) is 0 Å². The van der Waals surface area contributed by atoms with Gasteiger partial charge in [0.15, 0.2) is 0 Å². The topological polar surface area (TPSA) is 24.1 Å². The van der Waals surface area contributed by atoms with Crippen molar-refractivity contribution in [2.45, 2.75) is 64.5 Å². The van der Waals surface area contributed by atoms with Crippen LogP contribution in [-0.2, 0) is 38.8 Å². The second-order valence-corrected chi connectivity index (χ2v) is 12.7. The third-order valence-electron chi connectivity index (χ3n) is 9.51. The summed E-state index contributed by atoms with van der Waals surface area (Å²) < 4.78 is 0. The van der Waals surface area contributed by atoms with Crippen molar-refractivity contribution in [3.05, 3.63) is 154 Å². The molecule has 2 aliphatic rings. The molecule has 7 rings (SSSR count). The van der Waals surface area contributed by atoms with Crippen molar-refractivity contribution < 1.29 is 0 Å². The average Bonchev–Trinajstić information content (AvgIpc) is 3.62. The summed E-state index contributed by atoms with van der Waals surface area (Å²) in [6.45, 7) is 4.00. The Labute approximate surface area is 263 Å². The molecule has 0 heterocycles. The molecular formula is C42H44N2. The fourth-order valence-corrected chi connectivity index (χ4v) is 7.13. The maximum absolute atomic E-state index is 3.67. The molecule has 2 N–H and O–H groups in total. The quantitative estimate of drug-likeness (QED) is 0.126. The first-order chi connectivity index (χ1) is 21.8. The van der Waals surface area contributed by atoms with Crippen LogP contribution in [-0.4, -0.2) is 13.1 Å². The predicted molar refractivity (Wildman–Crippen MR) is 185 cm³/mol. The van der Waals surface area contributed by atoms with Crippen molar-refractivity contribution in [3.8, 4) is 22.3 Å². The molecule has 0 saturated heterocycles. The van der Waals surface area contributed by atoms with Gasteiger partial charge in [0.1, 0.15) is 0 Å². The average molecular weight is 577 g/mol. The molecule has 2 aliphatic carbocycles. The Morgan fingerprint density at radius 3 is 1.39 bits per heavy atom. The summed E-state index contributed by atoms with van der Waals surface area (Å²) in [5.74, 6) is 0. The largest absolute Gasteiger partial charge is 0.313 e. The summed E-state index contributed by atoms with van der Waals surface area (Å²) in [5.41, 5.74) is 17.3. The minimum absolute atomic E-state index is 0.939. The molecule has 0 aliphatic heterocycles. The Balaban J connectivity index is 0.777. The summed E-state index contributed by atoms with van der Waals surface area (Å²) in [6.07, 6.45) is 9.32. The van der Waals surface area contributed by atoms with Crippen LogP contribution in [0.2, 0.25) is 0 Å². The number of hydrogen-bond acceptors (Lipinski definition) is 2. The van der Waals surface area contributed by atoms with E-state index in [2.05, 4.69) is 120 Å². The molecule has 0 saturated carbocycles. The molecule has 0 fully saturated rings. The first-order valence-electron chi connectivity index (χ1n) is 16.7. The van der Waals surface area contributed by atoms with Gasteiger partial charge in [-0.2, -0.15) is 0 Å². The van der Waals surface area contributed by atoms with Crippen LogP contribution in [0, 0.1) is 0 Å². The Morgan fingerprint density at radius 2 is 0.864 bits per heavy atom. The summed E-state index contributed by atoms with van der Waals surface area (Å²) >= 11 is 0. The van der Waals surface area contributed by atoms with Crippen LogP contribution in [0.5, 0.6) is 0 Å². The number of rotatable bonds is 14. The van der Waals surface area contributed by atoms with Gasteiger partial charge in [-0.1, -0.05) is 109 Å². The Kier molecular flexibility index (Phi) is 9.00. The highest BCUT2D eigenvalue weighted by molar-refractivity contribution is 5.78. The van der Waals surface area contributed by atoms with Crippen molar-refractivity contribution >= 4 is 0 Å². The standard InChI is InChI=1S/C42H44N2/c1-3-16-39-35(14-1)27-37-20-18-31(25-41(37)39)10-5-7-22-43-29-33-12-9-13-34(24-33)30-44-23-8-6-11-32-19-21-38-28-36-15-2-4-17-40(36)42(38)26-32/h1-4,9,12-21,24-26,43-44H,5-8,10-11,22-23,27-30H2. The number of hydrogen-bond donors (Lipinski definition) is 2. The lowest BCUT2D eigenvalue weighted by Gasteiger charge is -2.09. The molecule has 0 unspecified atom stereocenters. The molecule has 5 aromatic rings. The van der Waals surface area contributed by atoms with Gasteiger partial charge in [-0.3, -0.25) is 0 Å². The lowest BCUT2D eigenvalue weighted by molar-refractivity contribution is 0.616. The minimum Gasteiger partial charge on any atom is -0.313 e. The molecule has 2 nitrogen and oxygen atoms in total. The smallest absolute Gasteiger partial charge is 0.0205 e. The van der Waals surface area contributed by atoms with Crippen molar-refractivity contribution in [3.63, 3.8) is 0 Å². The second kappa shape index (κ2) is 13.8. The first kappa shape index (κ1) is 28.8. The van der Waals surface area contributed by atoms with Crippen LogP contribution in [0.15, 0.2) is 109 Å². The molecule has 5 aromatic carbocycles. The van der Waals surface area contributed by atoms with Gasteiger partial charge in [-0.25, -0.2) is 0 Å². The van der Waals surface area contributed by atoms with Gasteiger partial charge in [0, 0.05) is 13.1 Å². The third-order valence-corrected chi connectivity index (χ3v) is 9.51. The summed E-state index contributed by atoms with van der Waals surface area (Å²) in [6, 6.07) is 41.0. The van der Waals surface area contributed by atoms with Crippen molar-refractivity contribution in [1.29, 1.82) is 0 Å². The van der Waals surface area contributed by atoms with Gasteiger partial charge < -0.3 is 10.6 Å². The fourth-order valence-electron chi connectivity index (χ4n) is 7.13. The highest BCUT2D eigenvalue weighted by atomic mass is 14.9. The van der Waals surface area contributed by atoms with Crippen LogP contribution in [0.1, 0.15) is 70.2 Å². The second-order valence-electron chi connectivity index (χ2n) is 12.7. The highest BCUT2D eigenvalue weighted by Gasteiger charge is 2.18. The lowest BCUT2D eigenvalue weighted by Crippen LogP contribution is -2.17. The fraction of sp³-hybridized carbons (Fsp3) is 0.286. The van der Waals surface area contributed by atoms with Gasteiger partial charge >= 0.3 is 0 Å². The number of nitrogens with one attached hydrogen (secondary N) is 2. The lowest BCUT2D eigenvalue weighted by atomic mass is 10.00. The van der Waals surface area contributed by atoms with Crippen molar-refractivity contribution in [2.24, 2.45) is 0 Å². The molecule has 0 spiro atoms. The molecular weight excluding hydrogens is 532 g/mol. The van der Waals surface area contributed by atoms with Gasteiger partial charge in [-0.05, 0) is 131 Å². The van der Waals surface area contributed by atoms with E-state index >= 15 is 0 Å². The maximum Gasteiger partial charge on any atom is 0.0205 e. The SMILES string of the molecule is c1cc(CNCCCCc2ccc3c(c2)-c2ccccc2C3)cc(CNCCCCc2ccc3c(c2)-c2ccccc2C3)c1. The van der Waals surface area contributed by atoms with Gasteiger partial charge in [0.2, 0.25) is 0 Å². The maximum atomic E-state index is 3.67. The van der Waals surface area contributed by atoms with E-state index in [-0.39, 0.29) is 0 Å². The number of aryl methyl sites for hydroxylation is 2. The van der Waals surface area contributed by atoms with Crippen LogP contribution in [0.4, 0.5) is 0 Å². The zero-order chi connectivity index (χ0) is 29.6. The van der Waals surface area contributed by atoms with E-state index in [0.717, 1.165) is 51.9 Å². The molecule has 44 heavy (non-hydrogen) atoms. The number of fused-ring (bicyclic) bond motifs is 6. The van der Waals surface area contributed by atoms with Crippen molar-refractivity contribution in [1.82, 2.24) is 10.6 Å². The Hall–Kier alpha value is -3.98. The van der Waals surface area contributed by atoms with Gasteiger partial charge in [-0.15, -0.1) is 0 Å². The van der Waals surface area contributed by atoms with E-state index < -0.39 is 0 Å². The summed E-state index contributed by atoms with van der Waals surface area (Å²) in [7, 11) is 0. The molecule has 222 valence electrons. The van der Waals surface area contributed by atoms with E-state index in [1.807, 2.05) is 0 Å². The predicted octanol–water partition coefficient (Wildman–Crippen LogP) is 9.05. The van der Waals surface area contributed by atoms with Gasteiger partial charge in [0.25, 0.3) is 0 Å². The molecule has 0 bridgehead atoms. The van der Waals surface area contributed by atoms with E-state index in [4.69, 9.17) is 0 Å². The summed E-state index contributed by atoms with van der Waals surface area (Å²) in [4.78, 5) is 0. The molecule has 0 radical (unpaired) electrons. The molecule has 0 atom stereocenters. The van der Waals surface area contributed by atoms with E-state index in [1.54, 1.807) is 0 Å². The summed E-state index contributed by atoms with van der Waals surface area (Å²) in [5, 5.41) is 7.34. The minimum atomic E-state index is 0.939. The zero-order valence-corrected chi connectivity index (χ0v) is 25.9. The highest BCUT2D eigenvalue weighted by Crippen LogP contribution is 2.38. The van der Waals surface area contributed by atoms with E-state index in [9.17, 15) is 0 Å². The van der Waals surface area contributed by atoms with Crippen LogP contribution in [0.25, 0.3) is 22.3 Å². The van der Waals surface area contributed by atoms with E-state index in [1.165, 1.54) is 92.4 Å². The van der Waals surface area contributed by atoms with Crippen molar-refractivity contribution in [2.75, 3.05) is 13.1 Å². The molecule has 0 amide bonds. The molecule has 0 aromatic heterocycles. The number of benzene rings is 5. The Morgan fingerprint density at radius 1 is 0.386 bits per heavy atom. The van der Waals surface area contributed by atoms with Crippen LogP contribution >= 0.6 is 0 Å². The first-order valence-corrected chi connectivity index (χ1v) is 16.7. The van der Waals surface area contributed by atoms with Crippen LogP contribution < -0.4 is 10.6 Å². The van der Waals surface area contributed by atoms with Crippen LogP contribution in [0.3, 0.4) is 0 Å². The monoisotopic (exact) mass is 576 g/mol. The number of unbranched alkanes of at least 4 members (excludes halogenated alkanes) is 2.